The van der Waals surface area contributed by atoms with E-state index in [1.54, 1.807) is 12.3 Å². The lowest BCUT2D eigenvalue weighted by Crippen LogP contribution is -2.61. The average molecular weight is 645 g/mol. The van der Waals surface area contributed by atoms with Crippen LogP contribution in [0.15, 0.2) is 24.2 Å². The molecule has 0 aromatic carbocycles. The van der Waals surface area contributed by atoms with Crippen LogP contribution in [0.25, 0.3) is 0 Å². The van der Waals surface area contributed by atoms with Crippen molar-refractivity contribution >= 4 is 40.9 Å². The number of likely N-dealkylation sites (tertiary alicyclic amines) is 1. The third-order valence-electron chi connectivity index (χ3n) is 9.34. The molecule has 1 aliphatic heterocycles. The van der Waals surface area contributed by atoms with Crippen LogP contribution in [0.1, 0.15) is 79.2 Å². The summed E-state index contributed by atoms with van der Waals surface area (Å²) in [5.74, 6) is -2.91. The molecular formula is C33H52N6O5S. The van der Waals surface area contributed by atoms with Crippen LogP contribution in [0.3, 0.4) is 0 Å². The van der Waals surface area contributed by atoms with Gasteiger partial charge in [0.2, 0.25) is 17.6 Å². The van der Waals surface area contributed by atoms with Gasteiger partial charge in [-0.2, -0.15) is 0 Å². The number of nitrogens with one attached hydrogen (secondary N) is 3. The maximum atomic E-state index is 14.4. The van der Waals surface area contributed by atoms with E-state index < -0.39 is 59.0 Å². The molecule has 1 unspecified atom stereocenters. The first-order valence-electron chi connectivity index (χ1n) is 16.1. The zero-order valence-electron chi connectivity index (χ0n) is 27.8. The summed E-state index contributed by atoms with van der Waals surface area (Å²) < 4.78 is 0. The zero-order chi connectivity index (χ0) is 33.6. The molecule has 5 amide bonds. The Morgan fingerprint density at radius 2 is 1.78 bits per heavy atom. The van der Waals surface area contributed by atoms with Crippen LogP contribution in [-0.4, -0.2) is 70.1 Å². The molecule has 1 aromatic rings. The second kappa shape index (κ2) is 15.3. The number of carbonyl (C=O) groups excluding carboxylic acids is 5. The third kappa shape index (κ3) is 9.14. The number of nitrogens with two attached hydrogens (primary N) is 1. The SMILES string of the molecule is C=C[C@H]1[C@@H](C(C)C)CN(C(=O)[C@@H](NC(=O)N[C@H](Cc2nccs2)C(C)C)C(C)(C)C)[C@@H]1C(=O)NC(CC1CCC1)C(=O)C(N)=O. The highest BCUT2D eigenvalue weighted by atomic mass is 32.1. The molecule has 1 saturated carbocycles. The monoisotopic (exact) mass is 644 g/mol. The van der Waals surface area contributed by atoms with Crippen molar-refractivity contribution in [2.24, 2.45) is 40.7 Å². The molecule has 3 rings (SSSR count). The lowest BCUT2D eigenvalue weighted by atomic mass is 9.79. The summed E-state index contributed by atoms with van der Waals surface area (Å²) in [7, 11) is 0. The minimum absolute atomic E-state index is 0.0859. The van der Waals surface area contributed by atoms with Crippen molar-refractivity contribution in [3.8, 4) is 0 Å². The summed E-state index contributed by atoms with van der Waals surface area (Å²) in [5.41, 5.74) is 4.64. The van der Waals surface area contributed by atoms with Crippen LogP contribution in [0.4, 0.5) is 4.79 Å². The van der Waals surface area contributed by atoms with Crippen molar-refractivity contribution in [2.45, 2.75) is 105 Å². The van der Waals surface area contributed by atoms with Crippen molar-refractivity contribution in [2.75, 3.05) is 6.54 Å². The van der Waals surface area contributed by atoms with E-state index in [2.05, 4.69) is 27.5 Å². The maximum Gasteiger partial charge on any atom is 0.315 e. The number of amides is 5. The highest BCUT2D eigenvalue weighted by Crippen LogP contribution is 2.38. The molecule has 11 nitrogen and oxygen atoms in total. The van der Waals surface area contributed by atoms with Gasteiger partial charge in [0.25, 0.3) is 5.91 Å². The summed E-state index contributed by atoms with van der Waals surface area (Å²) in [6.45, 7) is 17.9. The van der Waals surface area contributed by atoms with E-state index in [9.17, 15) is 24.0 Å². The molecule has 6 atom stereocenters. The Morgan fingerprint density at radius 1 is 1.11 bits per heavy atom. The standard InChI is InChI=1S/C33H52N6O5S/c1-9-21-22(18(2)3)17-39(26(21)30(42)36-24(27(40)29(34)41)15-20-11-10-12-20)31(43)28(33(6,7)8)38-32(44)37-23(19(4)5)16-25-35-13-14-45-25/h9,13-14,18-24,26,28H,1,10-12,15-17H2,2-8H3,(H2,34,41)(H,36,42)(H2,37,38,44)/t21-,22+,23+,24?,26-,28+/m0/s1. The summed E-state index contributed by atoms with van der Waals surface area (Å²) >= 11 is 1.52. The molecule has 250 valence electrons. The van der Waals surface area contributed by atoms with Crippen molar-refractivity contribution in [3.05, 3.63) is 29.2 Å². The molecule has 0 spiro atoms. The molecule has 1 aromatic heterocycles. The minimum atomic E-state index is -1.10. The quantitative estimate of drug-likeness (QED) is 0.179. The van der Waals surface area contributed by atoms with E-state index in [4.69, 9.17) is 5.73 Å². The largest absolute Gasteiger partial charge is 0.363 e. The van der Waals surface area contributed by atoms with Gasteiger partial charge in [0, 0.05) is 36.5 Å². The van der Waals surface area contributed by atoms with Gasteiger partial charge in [-0.1, -0.05) is 73.8 Å². The molecule has 12 heteroatoms. The molecule has 5 N–H and O–H groups in total. The van der Waals surface area contributed by atoms with Crippen molar-refractivity contribution in [3.63, 3.8) is 0 Å². The molecule has 0 bridgehead atoms. The number of aromatic nitrogens is 1. The summed E-state index contributed by atoms with van der Waals surface area (Å²) in [5, 5.41) is 11.5. The Bertz CT molecular complexity index is 1220. The van der Waals surface area contributed by atoms with Gasteiger partial charge in [-0.15, -0.1) is 17.9 Å². The highest BCUT2D eigenvalue weighted by molar-refractivity contribution is 7.09. The highest BCUT2D eigenvalue weighted by Gasteiger charge is 2.50. The Balaban J connectivity index is 1.88. The molecule has 2 heterocycles. The van der Waals surface area contributed by atoms with E-state index in [0.717, 1.165) is 24.3 Å². The topological polar surface area (TPSA) is 164 Å². The number of hydrogen-bond donors (Lipinski definition) is 4. The fourth-order valence-corrected chi connectivity index (χ4v) is 6.96. The van der Waals surface area contributed by atoms with Crippen molar-refractivity contribution < 1.29 is 24.0 Å². The van der Waals surface area contributed by atoms with Crippen LogP contribution in [-0.2, 0) is 25.6 Å². The molecule has 2 aliphatic rings. The molecule has 45 heavy (non-hydrogen) atoms. The normalized spacial score (nSPS) is 22.3. The Morgan fingerprint density at radius 3 is 2.24 bits per heavy atom. The number of primary amides is 1. The smallest absolute Gasteiger partial charge is 0.315 e. The zero-order valence-corrected chi connectivity index (χ0v) is 28.6. The average Bonchev–Trinajstić information content (AvgIpc) is 3.58. The summed E-state index contributed by atoms with van der Waals surface area (Å²) in [4.78, 5) is 72.4. The van der Waals surface area contributed by atoms with Gasteiger partial charge < -0.3 is 26.6 Å². The first-order chi connectivity index (χ1) is 21.0. The van der Waals surface area contributed by atoms with Crippen LogP contribution < -0.4 is 21.7 Å². The molecule has 1 saturated heterocycles. The molecule has 1 aliphatic carbocycles. The molecular weight excluding hydrogens is 592 g/mol. The van der Waals surface area contributed by atoms with Crippen LogP contribution in [0.2, 0.25) is 0 Å². The second-order valence-electron chi connectivity index (χ2n) is 14.4. The summed E-state index contributed by atoms with van der Waals surface area (Å²) in [6.07, 6.45) is 7.18. The number of Topliss-reactive ketones (excluding diaryl/α,β-unsaturated/α-hetero) is 1. The number of urea groups is 1. The first kappa shape index (κ1) is 36.2. The number of rotatable bonds is 14. The van der Waals surface area contributed by atoms with Gasteiger partial charge in [0.1, 0.15) is 12.1 Å². The lowest BCUT2D eigenvalue weighted by molar-refractivity contribution is -0.144. The second-order valence-corrected chi connectivity index (χ2v) is 15.4. The lowest BCUT2D eigenvalue weighted by Gasteiger charge is -2.37. The third-order valence-corrected chi connectivity index (χ3v) is 10.1. The predicted octanol–water partition coefficient (Wildman–Crippen LogP) is 3.44. The molecule has 2 fully saturated rings. The van der Waals surface area contributed by atoms with Crippen molar-refractivity contribution in [1.29, 1.82) is 0 Å². The fourth-order valence-electron chi connectivity index (χ4n) is 6.28. The first-order valence-corrected chi connectivity index (χ1v) is 17.0. The van der Waals surface area contributed by atoms with Gasteiger partial charge >= 0.3 is 6.03 Å². The van der Waals surface area contributed by atoms with E-state index in [1.165, 1.54) is 16.2 Å². The number of ketones is 1. The van der Waals surface area contributed by atoms with E-state index >= 15 is 0 Å². The van der Waals surface area contributed by atoms with Gasteiger partial charge in [0.05, 0.1) is 11.0 Å². The Kier molecular flexibility index (Phi) is 12.3. The van der Waals surface area contributed by atoms with Crippen LogP contribution in [0.5, 0.6) is 0 Å². The number of hydrogen-bond acceptors (Lipinski definition) is 7. The van der Waals surface area contributed by atoms with Crippen LogP contribution >= 0.6 is 11.3 Å². The summed E-state index contributed by atoms with van der Waals surface area (Å²) in [6, 6.07) is -3.69. The Labute approximate surface area is 271 Å². The van der Waals surface area contributed by atoms with Gasteiger partial charge in [-0.05, 0) is 35.5 Å². The fraction of sp³-hybridized carbons (Fsp3) is 0.697. The van der Waals surface area contributed by atoms with E-state index in [0.29, 0.717) is 12.8 Å². The Hall–Kier alpha value is -3.28. The van der Waals surface area contributed by atoms with Crippen LogP contribution in [0, 0.1) is 35.0 Å². The minimum Gasteiger partial charge on any atom is -0.363 e. The maximum absolute atomic E-state index is 14.4. The number of carbonyl (C=O) groups is 5. The van der Waals surface area contributed by atoms with Gasteiger partial charge in [-0.25, -0.2) is 9.78 Å². The van der Waals surface area contributed by atoms with Crippen molar-refractivity contribution in [1.82, 2.24) is 25.8 Å². The molecule has 0 radical (unpaired) electrons. The number of thiazole rings is 1. The van der Waals surface area contributed by atoms with Gasteiger partial charge in [0.15, 0.2) is 0 Å². The van der Waals surface area contributed by atoms with E-state index in [1.807, 2.05) is 53.8 Å². The number of nitrogens with zero attached hydrogens (tertiary/aromatic N) is 2. The van der Waals surface area contributed by atoms with E-state index in [-0.39, 0.29) is 36.3 Å². The predicted molar refractivity (Wildman–Crippen MR) is 175 cm³/mol. The van der Waals surface area contributed by atoms with Gasteiger partial charge in [-0.3, -0.25) is 19.2 Å².